The van der Waals surface area contributed by atoms with Gasteiger partial charge in [-0.3, -0.25) is 10.1 Å². The Morgan fingerprint density at radius 1 is 1.23 bits per heavy atom. The van der Waals surface area contributed by atoms with Crippen molar-refractivity contribution >= 4 is 23.1 Å². The first-order valence-electron chi connectivity index (χ1n) is 11.6. The van der Waals surface area contributed by atoms with Crippen LogP contribution in [0.4, 0.5) is 10.5 Å². The number of ether oxygens (including phenoxy) is 1. The molecule has 1 aliphatic rings. The molecular weight excluding hydrogens is 460 g/mol. The largest absolute Gasteiger partial charge is 0.473 e. The smallest absolute Gasteiger partial charge is 0.319 e. The van der Waals surface area contributed by atoms with Crippen molar-refractivity contribution in [3.63, 3.8) is 0 Å². The number of carbonyl (C=O) groups excluding carboxylic acids is 1. The fraction of sp³-hybridized carbons (Fsp3) is 0.308. The number of H-pyrrole nitrogens is 1. The van der Waals surface area contributed by atoms with Gasteiger partial charge < -0.3 is 15.4 Å². The van der Waals surface area contributed by atoms with Crippen LogP contribution < -0.4 is 15.4 Å². The summed E-state index contributed by atoms with van der Waals surface area (Å²) < 4.78 is 5.29. The van der Waals surface area contributed by atoms with Crippen LogP contribution in [0.25, 0.3) is 21.7 Å². The summed E-state index contributed by atoms with van der Waals surface area (Å²) in [5.74, 6) is 0. The number of aromatic nitrogens is 4. The second-order valence-corrected chi connectivity index (χ2v) is 10.5. The molecule has 0 spiro atoms. The third-order valence-electron chi connectivity index (χ3n) is 6.24. The third-order valence-corrected chi connectivity index (χ3v) is 7.25. The predicted octanol–water partition coefficient (Wildman–Crippen LogP) is 5.44. The van der Waals surface area contributed by atoms with Crippen LogP contribution >= 0.6 is 11.3 Å². The van der Waals surface area contributed by atoms with Crippen molar-refractivity contribution in [2.75, 3.05) is 12.4 Å². The zero-order valence-electron chi connectivity index (χ0n) is 20.0. The molecule has 4 aromatic rings. The number of nitrogens with one attached hydrogen (secondary N) is 3. The summed E-state index contributed by atoms with van der Waals surface area (Å²) in [6, 6.07) is 9.50. The molecule has 3 N–H and O–H groups in total. The number of amides is 2. The number of hydrogen-bond acceptors (Lipinski definition) is 6. The van der Waals surface area contributed by atoms with E-state index in [1.807, 2.05) is 24.3 Å². The van der Waals surface area contributed by atoms with Gasteiger partial charge in [0.15, 0.2) is 0 Å². The Morgan fingerprint density at radius 2 is 2.09 bits per heavy atom. The van der Waals surface area contributed by atoms with Gasteiger partial charge in [-0.25, -0.2) is 9.78 Å². The lowest BCUT2D eigenvalue weighted by molar-refractivity contribution is 0.251. The highest BCUT2D eigenvalue weighted by Gasteiger charge is 2.29. The molecule has 0 aliphatic heterocycles. The van der Waals surface area contributed by atoms with Gasteiger partial charge in [0.25, 0.3) is 5.19 Å². The molecule has 0 fully saturated rings. The average Bonchev–Trinajstić information content (AvgIpc) is 3.49. The van der Waals surface area contributed by atoms with E-state index in [1.54, 1.807) is 25.7 Å². The lowest BCUT2D eigenvalue weighted by Gasteiger charge is -2.29. The number of rotatable bonds is 6. The molecule has 0 radical (unpaired) electrons. The van der Waals surface area contributed by atoms with E-state index in [-0.39, 0.29) is 11.4 Å². The first-order valence-corrected chi connectivity index (χ1v) is 12.4. The average molecular weight is 489 g/mol. The number of pyridine rings is 1. The van der Waals surface area contributed by atoms with Crippen molar-refractivity contribution in [2.45, 2.75) is 39.7 Å². The van der Waals surface area contributed by atoms with Gasteiger partial charge in [0.1, 0.15) is 0 Å². The van der Waals surface area contributed by atoms with E-state index in [0.29, 0.717) is 17.4 Å². The number of fused-ring (bicyclic) bond motifs is 1. The molecule has 0 atom stereocenters. The number of aromatic amines is 1. The van der Waals surface area contributed by atoms with E-state index in [1.165, 1.54) is 22.6 Å². The second kappa shape index (κ2) is 9.50. The molecule has 5 rings (SSSR count). The summed E-state index contributed by atoms with van der Waals surface area (Å²) in [6.45, 7) is 4.97. The Balaban J connectivity index is 1.45. The highest BCUT2D eigenvalue weighted by Crippen LogP contribution is 2.40. The number of carbonyl (C=O) groups is 1. The number of methoxy groups -OCH3 is 1. The van der Waals surface area contributed by atoms with E-state index in [4.69, 9.17) is 4.74 Å². The fourth-order valence-corrected chi connectivity index (χ4v) is 5.13. The maximum Gasteiger partial charge on any atom is 0.319 e. The van der Waals surface area contributed by atoms with Crippen LogP contribution in [0.3, 0.4) is 0 Å². The predicted molar refractivity (Wildman–Crippen MR) is 138 cm³/mol. The van der Waals surface area contributed by atoms with Gasteiger partial charge in [-0.1, -0.05) is 31.3 Å². The topological polar surface area (TPSA) is 105 Å². The number of hydrogen-bond donors (Lipinski definition) is 3. The van der Waals surface area contributed by atoms with E-state index < -0.39 is 0 Å². The van der Waals surface area contributed by atoms with Crippen molar-refractivity contribution in [1.29, 1.82) is 0 Å². The van der Waals surface area contributed by atoms with Gasteiger partial charge in [-0.15, -0.1) is 0 Å². The molecule has 3 aromatic heterocycles. The molecule has 1 aromatic carbocycles. The van der Waals surface area contributed by atoms with Gasteiger partial charge in [-0.2, -0.15) is 5.10 Å². The molecule has 35 heavy (non-hydrogen) atoms. The molecular formula is C26H28N6O2S. The summed E-state index contributed by atoms with van der Waals surface area (Å²) in [5.41, 5.74) is 7.17. The quantitative estimate of drug-likeness (QED) is 0.335. The highest BCUT2D eigenvalue weighted by atomic mass is 32.1. The van der Waals surface area contributed by atoms with Gasteiger partial charge in [-0.05, 0) is 60.1 Å². The van der Waals surface area contributed by atoms with Gasteiger partial charge in [0.05, 0.1) is 17.7 Å². The van der Waals surface area contributed by atoms with Gasteiger partial charge in [0.2, 0.25) is 0 Å². The first kappa shape index (κ1) is 23.0. The van der Waals surface area contributed by atoms with E-state index in [9.17, 15) is 4.79 Å². The summed E-state index contributed by atoms with van der Waals surface area (Å²) in [7, 11) is 1.61. The van der Waals surface area contributed by atoms with Gasteiger partial charge >= 0.3 is 6.03 Å². The summed E-state index contributed by atoms with van der Waals surface area (Å²) in [6.07, 6.45) is 8.29. The number of urea groups is 1. The van der Waals surface area contributed by atoms with Crippen LogP contribution in [-0.2, 0) is 19.4 Å². The van der Waals surface area contributed by atoms with Crippen LogP contribution in [0.5, 0.6) is 5.19 Å². The standard InChI is InChI=1S/C26H28N6O2S/c1-26(2)7-6-20-21(12-26)31-32-23(20)18-9-17(22-15-29-25(34-3)35-22)10-19(11-18)30-24(33)28-14-16-5-4-8-27-13-16/h4-5,8-11,13,15H,6-7,12,14H2,1-3H3,(H,31,32)(H2,28,30,33). The van der Waals surface area contributed by atoms with Crippen molar-refractivity contribution < 1.29 is 9.53 Å². The fourth-order valence-electron chi connectivity index (χ4n) is 4.41. The number of nitrogens with zero attached hydrogens (tertiary/aromatic N) is 3. The minimum absolute atomic E-state index is 0.261. The van der Waals surface area contributed by atoms with E-state index >= 15 is 0 Å². The van der Waals surface area contributed by atoms with Crippen LogP contribution in [0.1, 0.15) is 37.1 Å². The number of benzene rings is 1. The highest BCUT2D eigenvalue weighted by molar-refractivity contribution is 7.16. The Labute approximate surface area is 208 Å². The summed E-state index contributed by atoms with van der Waals surface area (Å²) >= 11 is 1.46. The molecule has 3 heterocycles. The third kappa shape index (κ3) is 5.19. The monoisotopic (exact) mass is 488 g/mol. The van der Waals surface area contributed by atoms with Gasteiger partial charge in [0, 0.05) is 47.6 Å². The van der Waals surface area contributed by atoms with Crippen molar-refractivity contribution in [3.8, 4) is 26.9 Å². The van der Waals surface area contributed by atoms with Crippen LogP contribution in [-0.4, -0.2) is 33.3 Å². The van der Waals surface area contributed by atoms with Crippen LogP contribution in [0.15, 0.2) is 48.9 Å². The second-order valence-electron chi connectivity index (χ2n) is 9.53. The molecule has 1 aliphatic carbocycles. The van der Waals surface area contributed by atoms with E-state index in [0.717, 1.165) is 46.5 Å². The zero-order chi connectivity index (χ0) is 24.4. The minimum atomic E-state index is -0.287. The number of anilines is 1. The SMILES string of the molecule is COc1ncc(-c2cc(NC(=O)NCc3cccnc3)cc(-c3n[nH]c4c3CCC(C)(C)C4)c2)s1. The molecule has 0 bridgehead atoms. The Morgan fingerprint density at radius 3 is 2.86 bits per heavy atom. The lowest BCUT2D eigenvalue weighted by Crippen LogP contribution is -2.28. The van der Waals surface area contributed by atoms with E-state index in [2.05, 4.69) is 50.7 Å². The Hall–Kier alpha value is -3.72. The molecule has 0 saturated carbocycles. The number of thiazole rings is 1. The molecule has 9 heteroatoms. The van der Waals surface area contributed by atoms with Crippen molar-refractivity contribution in [3.05, 3.63) is 65.7 Å². The molecule has 180 valence electrons. The zero-order valence-corrected chi connectivity index (χ0v) is 20.8. The molecule has 0 unspecified atom stereocenters. The summed E-state index contributed by atoms with van der Waals surface area (Å²) in [5, 5.41) is 14.4. The maximum absolute atomic E-state index is 12.7. The lowest BCUT2D eigenvalue weighted by atomic mass is 9.76. The Bertz CT molecular complexity index is 1350. The van der Waals surface area contributed by atoms with Crippen molar-refractivity contribution in [2.24, 2.45) is 5.41 Å². The summed E-state index contributed by atoms with van der Waals surface area (Å²) in [4.78, 5) is 22.0. The minimum Gasteiger partial charge on any atom is -0.473 e. The Kier molecular flexibility index (Phi) is 6.25. The van der Waals surface area contributed by atoms with Crippen molar-refractivity contribution in [1.82, 2.24) is 25.5 Å². The van der Waals surface area contributed by atoms with Crippen LogP contribution in [0.2, 0.25) is 0 Å². The maximum atomic E-state index is 12.7. The molecule has 2 amide bonds. The first-order chi connectivity index (χ1) is 16.9. The normalized spacial score (nSPS) is 14.3. The molecule has 0 saturated heterocycles. The molecule has 8 nitrogen and oxygen atoms in total. The van der Waals surface area contributed by atoms with Crippen LogP contribution in [0, 0.1) is 5.41 Å².